The van der Waals surface area contributed by atoms with Gasteiger partial charge in [-0.1, -0.05) is 36.4 Å². The number of likely N-dealkylation sites (N-methyl/N-ethyl adjacent to an activating group) is 1. The zero-order chi connectivity index (χ0) is 14.2. The molecule has 0 saturated carbocycles. The summed E-state index contributed by atoms with van der Waals surface area (Å²) in [6.07, 6.45) is 0. The summed E-state index contributed by atoms with van der Waals surface area (Å²) in [7, 11) is 4.11. The molecule has 0 bridgehead atoms. The first-order valence-corrected chi connectivity index (χ1v) is 7.16. The summed E-state index contributed by atoms with van der Waals surface area (Å²) in [6, 6.07) is 15.1. The molecule has 3 nitrogen and oxygen atoms in total. The fraction of sp³-hybridized carbons (Fsp3) is 0.412. The average Bonchev–Trinajstić information content (AvgIpc) is 2.46. The van der Waals surface area contributed by atoms with Gasteiger partial charge in [-0.2, -0.15) is 0 Å². The maximum atomic E-state index is 5.55. The molecule has 0 amide bonds. The number of fused-ring (bicyclic) bond motifs is 1. The van der Waals surface area contributed by atoms with Gasteiger partial charge < -0.3 is 15.0 Å². The molecule has 2 aromatic rings. The molecule has 3 heteroatoms. The van der Waals surface area contributed by atoms with E-state index >= 15 is 0 Å². The third-order valence-corrected chi connectivity index (χ3v) is 3.25. The van der Waals surface area contributed by atoms with Gasteiger partial charge in [-0.3, -0.25) is 0 Å². The Morgan fingerprint density at radius 1 is 1.00 bits per heavy atom. The van der Waals surface area contributed by atoms with Crippen molar-refractivity contribution in [3.63, 3.8) is 0 Å². The van der Waals surface area contributed by atoms with Gasteiger partial charge >= 0.3 is 0 Å². The van der Waals surface area contributed by atoms with Crippen LogP contribution in [0, 0.1) is 0 Å². The van der Waals surface area contributed by atoms with Crippen molar-refractivity contribution in [2.45, 2.75) is 6.54 Å². The Bertz CT molecular complexity index is 525. The normalized spacial score (nSPS) is 11.3. The minimum Gasteiger partial charge on any atom is -0.379 e. The molecular formula is C17H24N2O. The molecule has 0 heterocycles. The van der Waals surface area contributed by atoms with Gasteiger partial charge in [0.05, 0.1) is 13.2 Å². The zero-order valence-corrected chi connectivity index (χ0v) is 12.4. The van der Waals surface area contributed by atoms with Crippen molar-refractivity contribution >= 4 is 10.8 Å². The molecule has 0 aliphatic carbocycles. The van der Waals surface area contributed by atoms with Gasteiger partial charge in [-0.05, 0) is 36.5 Å². The lowest BCUT2D eigenvalue weighted by atomic mass is 10.1. The fourth-order valence-corrected chi connectivity index (χ4v) is 2.07. The van der Waals surface area contributed by atoms with Gasteiger partial charge in [0.2, 0.25) is 0 Å². The van der Waals surface area contributed by atoms with Crippen LogP contribution < -0.4 is 5.32 Å². The Morgan fingerprint density at radius 2 is 1.80 bits per heavy atom. The largest absolute Gasteiger partial charge is 0.379 e. The molecule has 0 saturated heterocycles. The van der Waals surface area contributed by atoms with E-state index in [4.69, 9.17) is 4.74 Å². The third kappa shape index (κ3) is 4.93. The molecule has 0 aliphatic rings. The summed E-state index contributed by atoms with van der Waals surface area (Å²) in [6.45, 7) is 4.32. The fourth-order valence-electron chi connectivity index (χ4n) is 2.07. The molecule has 0 unspecified atom stereocenters. The first-order valence-electron chi connectivity index (χ1n) is 7.16. The summed E-state index contributed by atoms with van der Waals surface area (Å²) >= 11 is 0. The molecule has 0 aromatic heterocycles. The predicted molar refractivity (Wildman–Crippen MR) is 85.0 cm³/mol. The van der Waals surface area contributed by atoms with Crippen molar-refractivity contribution in [1.29, 1.82) is 0 Å². The second-order valence-corrected chi connectivity index (χ2v) is 5.27. The third-order valence-electron chi connectivity index (χ3n) is 3.25. The number of rotatable bonds is 8. The van der Waals surface area contributed by atoms with Crippen molar-refractivity contribution in [3.05, 3.63) is 48.0 Å². The Morgan fingerprint density at radius 3 is 2.60 bits per heavy atom. The summed E-state index contributed by atoms with van der Waals surface area (Å²) < 4.78 is 5.55. The summed E-state index contributed by atoms with van der Waals surface area (Å²) in [5, 5.41) is 6.01. The Kier molecular flexibility index (Phi) is 5.99. The topological polar surface area (TPSA) is 24.5 Å². The van der Waals surface area contributed by atoms with Crippen LogP contribution in [0.5, 0.6) is 0 Å². The standard InChI is InChI=1S/C17H24N2O/c1-19(2)10-12-20-11-9-18-14-15-7-8-16-5-3-4-6-17(16)13-15/h3-8,13,18H,9-12,14H2,1-2H3. The maximum Gasteiger partial charge on any atom is 0.0593 e. The number of nitrogens with one attached hydrogen (secondary N) is 1. The van der Waals surface area contributed by atoms with E-state index in [0.29, 0.717) is 0 Å². The number of nitrogens with zero attached hydrogens (tertiary/aromatic N) is 1. The molecule has 108 valence electrons. The summed E-state index contributed by atoms with van der Waals surface area (Å²) in [4.78, 5) is 2.13. The molecule has 2 rings (SSSR count). The number of hydrogen-bond acceptors (Lipinski definition) is 3. The molecule has 0 fully saturated rings. The van der Waals surface area contributed by atoms with Crippen molar-refractivity contribution < 1.29 is 4.74 Å². The highest BCUT2D eigenvalue weighted by molar-refractivity contribution is 5.82. The van der Waals surface area contributed by atoms with E-state index in [1.54, 1.807) is 0 Å². The van der Waals surface area contributed by atoms with Gasteiger partial charge in [0.15, 0.2) is 0 Å². The van der Waals surface area contributed by atoms with Gasteiger partial charge in [0, 0.05) is 19.6 Å². The van der Waals surface area contributed by atoms with E-state index in [0.717, 1.165) is 32.8 Å². The molecule has 20 heavy (non-hydrogen) atoms. The quantitative estimate of drug-likeness (QED) is 0.747. The molecule has 0 aliphatic heterocycles. The SMILES string of the molecule is CN(C)CCOCCNCc1ccc2ccccc2c1. The molecular weight excluding hydrogens is 248 g/mol. The highest BCUT2D eigenvalue weighted by Gasteiger charge is 1.96. The minimum absolute atomic E-state index is 0.765. The first-order chi connectivity index (χ1) is 9.75. The van der Waals surface area contributed by atoms with E-state index in [1.165, 1.54) is 16.3 Å². The van der Waals surface area contributed by atoms with Crippen LogP contribution in [0.4, 0.5) is 0 Å². The Labute approximate surface area is 121 Å². The maximum absolute atomic E-state index is 5.55. The molecule has 0 atom stereocenters. The van der Waals surface area contributed by atoms with Crippen LogP contribution in [0.2, 0.25) is 0 Å². The van der Waals surface area contributed by atoms with Crippen molar-refractivity contribution in [3.8, 4) is 0 Å². The van der Waals surface area contributed by atoms with Crippen molar-refractivity contribution in [2.75, 3.05) is 40.4 Å². The average molecular weight is 272 g/mol. The van der Waals surface area contributed by atoms with Crippen LogP contribution in [-0.4, -0.2) is 45.3 Å². The van der Waals surface area contributed by atoms with Gasteiger partial charge in [0.25, 0.3) is 0 Å². The number of hydrogen-bond donors (Lipinski definition) is 1. The lowest BCUT2D eigenvalue weighted by Gasteiger charge is -2.10. The Hall–Kier alpha value is -1.42. The summed E-state index contributed by atoms with van der Waals surface area (Å²) in [5.74, 6) is 0. The minimum atomic E-state index is 0.765. The number of ether oxygens (including phenoxy) is 1. The lowest BCUT2D eigenvalue weighted by molar-refractivity contribution is 0.119. The molecule has 0 spiro atoms. The van der Waals surface area contributed by atoms with Crippen molar-refractivity contribution in [1.82, 2.24) is 10.2 Å². The van der Waals surface area contributed by atoms with E-state index in [9.17, 15) is 0 Å². The van der Waals surface area contributed by atoms with E-state index in [-0.39, 0.29) is 0 Å². The van der Waals surface area contributed by atoms with Gasteiger partial charge in [-0.25, -0.2) is 0 Å². The van der Waals surface area contributed by atoms with Gasteiger partial charge in [0.1, 0.15) is 0 Å². The second-order valence-electron chi connectivity index (χ2n) is 5.27. The number of benzene rings is 2. The Balaban J connectivity index is 1.68. The second kappa shape index (κ2) is 8.00. The molecule has 2 aromatic carbocycles. The lowest BCUT2D eigenvalue weighted by Crippen LogP contribution is -2.23. The van der Waals surface area contributed by atoms with Gasteiger partial charge in [-0.15, -0.1) is 0 Å². The van der Waals surface area contributed by atoms with Crippen molar-refractivity contribution in [2.24, 2.45) is 0 Å². The highest BCUT2D eigenvalue weighted by atomic mass is 16.5. The van der Waals surface area contributed by atoms with E-state index in [1.807, 2.05) is 0 Å². The van der Waals surface area contributed by atoms with Crippen LogP contribution in [0.3, 0.4) is 0 Å². The van der Waals surface area contributed by atoms with Crippen LogP contribution in [-0.2, 0) is 11.3 Å². The molecule has 0 radical (unpaired) electrons. The van der Waals surface area contributed by atoms with Crippen LogP contribution in [0.1, 0.15) is 5.56 Å². The van der Waals surface area contributed by atoms with Crippen LogP contribution in [0.15, 0.2) is 42.5 Å². The predicted octanol–water partition coefficient (Wildman–Crippen LogP) is 2.51. The van der Waals surface area contributed by atoms with Crippen LogP contribution in [0.25, 0.3) is 10.8 Å². The smallest absolute Gasteiger partial charge is 0.0593 e. The highest BCUT2D eigenvalue weighted by Crippen LogP contribution is 2.15. The first kappa shape index (κ1) is 15.0. The van der Waals surface area contributed by atoms with E-state index in [2.05, 4.69) is 66.8 Å². The monoisotopic (exact) mass is 272 g/mol. The molecule has 1 N–H and O–H groups in total. The van der Waals surface area contributed by atoms with Crippen LogP contribution >= 0.6 is 0 Å². The van der Waals surface area contributed by atoms with E-state index < -0.39 is 0 Å². The zero-order valence-electron chi connectivity index (χ0n) is 12.4. The summed E-state index contributed by atoms with van der Waals surface area (Å²) in [5.41, 5.74) is 1.32.